The van der Waals surface area contributed by atoms with E-state index in [1.807, 2.05) is 14.1 Å². The number of anilines is 2. The topological polar surface area (TPSA) is 40.6 Å². The Labute approximate surface area is 179 Å². The summed E-state index contributed by atoms with van der Waals surface area (Å²) in [4.78, 5) is 30.6. The normalized spacial score (nSPS) is 17.9. The third-order valence-corrected chi connectivity index (χ3v) is 7.77. The first-order valence-electron chi connectivity index (χ1n) is 10.4. The first kappa shape index (κ1) is 20.4. The molecule has 4 rings (SSSR count). The Kier molecular flexibility index (Phi) is 4.29. The van der Waals surface area contributed by atoms with Gasteiger partial charge in [0.25, 0.3) is 11.8 Å². The average Bonchev–Trinajstić information content (AvgIpc) is 3.12. The Hall–Kier alpha value is -2.88. The molecule has 0 bridgehead atoms. The minimum absolute atomic E-state index is 0.0962. The highest BCUT2D eigenvalue weighted by Crippen LogP contribution is 2.51. The lowest BCUT2D eigenvalue weighted by molar-refractivity contribution is -0.114. The maximum absolute atomic E-state index is 13.6. The molecule has 0 fully saturated rings. The van der Waals surface area contributed by atoms with Gasteiger partial charge < -0.3 is 9.80 Å². The monoisotopic (exact) mass is 402 g/mol. The Morgan fingerprint density at radius 3 is 1.00 bits per heavy atom. The minimum atomic E-state index is -0.0962. The van der Waals surface area contributed by atoms with Crippen LogP contribution in [-0.4, -0.2) is 25.9 Å². The van der Waals surface area contributed by atoms with Crippen LogP contribution in [-0.2, 0) is 9.59 Å². The number of likely N-dealkylation sites (N-methyl/N-ethyl adjacent to an activating group) is 2. The molecule has 4 nitrogen and oxygen atoms in total. The van der Waals surface area contributed by atoms with Crippen molar-refractivity contribution in [1.29, 1.82) is 0 Å². The van der Waals surface area contributed by atoms with Gasteiger partial charge in [-0.3, -0.25) is 9.59 Å². The molecule has 0 saturated heterocycles. The summed E-state index contributed by atoms with van der Waals surface area (Å²) in [6.07, 6.45) is 0. The fourth-order valence-electron chi connectivity index (χ4n) is 5.25. The van der Waals surface area contributed by atoms with E-state index in [0.717, 1.165) is 44.8 Å². The Bertz CT molecular complexity index is 1140. The predicted molar refractivity (Wildman–Crippen MR) is 124 cm³/mol. The van der Waals surface area contributed by atoms with Crippen LogP contribution < -0.4 is 9.80 Å². The maximum Gasteiger partial charge on any atom is 0.259 e. The van der Waals surface area contributed by atoms with Crippen LogP contribution in [0.1, 0.15) is 55.6 Å². The largest absolute Gasteiger partial charge is 0.310 e. The second-order valence-corrected chi connectivity index (χ2v) is 8.93. The summed E-state index contributed by atoms with van der Waals surface area (Å²) in [5, 5.41) is 0. The van der Waals surface area contributed by atoms with Gasteiger partial charge in [-0.15, -0.1) is 0 Å². The summed E-state index contributed by atoms with van der Waals surface area (Å²) in [5.74, 6) is -0.192. The molecule has 0 unspecified atom stereocenters. The van der Waals surface area contributed by atoms with Crippen molar-refractivity contribution in [2.75, 3.05) is 23.9 Å². The summed E-state index contributed by atoms with van der Waals surface area (Å²) in [6, 6.07) is 0. The lowest BCUT2D eigenvalue weighted by atomic mass is 9.85. The molecule has 0 spiro atoms. The summed E-state index contributed by atoms with van der Waals surface area (Å²) in [5.41, 5.74) is 13.9. The van der Waals surface area contributed by atoms with Crippen molar-refractivity contribution in [3.63, 3.8) is 0 Å². The minimum Gasteiger partial charge on any atom is -0.310 e. The molecule has 2 heterocycles. The zero-order valence-electron chi connectivity index (χ0n) is 19.7. The van der Waals surface area contributed by atoms with Crippen molar-refractivity contribution < 1.29 is 9.59 Å². The van der Waals surface area contributed by atoms with E-state index >= 15 is 0 Å². The molecule has 2 aromatic rings. The summed E-state index contributed by atoms with van der Waals surface area (Å²) >= 11 is 0. The van der Waals surface area contributed by atoms with Crippen molar-refractivity contribution in [3.8, 4) is 0 Å². The molecule has 2 aliphatic heterocycles. The molecular weight excluding hydrogens is 372 g/mol. The van der Waals surface area contributed by atoms with Gasteiger partial charge >= 0.3 is 0 Å². The van der Waals surface area contributed by atoms with E-state index in [9.17, 15) is 9.59 Å². The van der Waals surface area contributed by atoms with Crippen molar-refractivity contribution in [3.05, 3.63) is 55.6 Å². The van der Waals surface area contributed by atoms with Gasteiger partial charge in [0.1, 0.15) is 0 Å². The SMILES string of the molecule is Cc1c(C)c(C)c2c(c1C)/C(=C1\C(=O)N(C)c3c(C)c(C)c(C)c(C)c31)C(=O)N2C. The molecule has 156 valence electrons. The predicted octanol–water partition coefficient (Wildman–Crippen LogP) is 5.02. The van der Waals surface area contributed by atoms with Crippen LogP contribution in [0.3, 0.4) is 0 Å². The number of carbonyl (C=O) groups excluding carboxylic acids is 2. The van der Waals surface area contributed by atoms with Gasteiger partial charge in [-0.25, -0.2) is 0 Å². The molecule has 0 N–H and O–H groups in total. The fourth-order valence-corrected chi connectivity index (χ4v) is 5.25. The van der Waals surface area contributed by atoms with Crippen LogP contribution in [0.15, 0.2) is 0 Å². The van der Waals surface area contributed by atoms with Gasteiger partial charge in [-0.05, 0) is 99.9 Å². The third-order valence-electron chi connectivity index (χ3n) is 7.77. The Morgan fingerprint density at radius 2 is 0.700 bits per heavy atom. The number of nitrogens with zero attached hydrogens (tertiary/aromatic N) is 2. The quantitative estimate of drug-likeness (QED) is 0.581. The number of hydrogen-bond donors (Lipinski definition) is 0. The van der Waals surface area contributed by atoms with Crippen molar-refractivity contribution in [2.24, 2.45) is 0 Å². The van der Waals surface area contributed by atoms with Gasteiger partial charge in [-0.1, -0.05) is 0 Å². The maximum atomic E-state index is 13.6. The first-order valence-corrected chi connectivity index (χ1v) is 10.4. The number of amides is 2. The Morgan fingerprint density at radius 1 is 0.433 bits per heavy atom. The zero-order chi connectivity index (χ0) is 22.4. The third kappa shape index (κ3) is 2.22. The number of rotatable bonds is 0. The lowest BCUT2D eigenvalue weighted by Crippen LogP contribution is -2.24. The summed E-state index contributed by atoms with van der Waals surface area (Å²) in [7, 11) is 3.64. The molecule has 4 heteroatoms. The molecule has 0 atom stereocenters. The second kappa shape index (κ2) is 6.31. The van der Waals surface area contributed by atoms with Crippen LogP contribution in [0.5, 0.6) is 0 Å². The molecule has 2 aliphatic rings. The average molecular weight is 403 g/mol. The van der Waals surface area contributed by atoms with Crippen LogP contribution in [0.25, 0.3) is 11.1 Å². The molecule has 0 saturated carbocycles. The molecule has 30 heavy (non-hydrogen) atoms. The van der Waals surface area contributed by atoms with Crippen LogP contribution in [0.2, 0.25) is 0 Å². The standard InChI is InChI=1S/C26H30N2O2/c1-11-13(3)17(7)23-19(15(11)5)21(25(29)27(23)9)22-20-16(6)12(2)14(4)18(8)24(20)28(10)26(22)30/h1-10H3/b22-21+. The van der Waals surface area contributed by atoms with Gasteiger partial charge in [-0.2, -0.15) is 0 Å². The lowest BCUT2D eigenvalue weighted by Gasteiger charge is -2.19. The van der Waals surface area contributed by atoms with E-state index in [0.29, 0.717) is 11.1 Å². The smallest absolute Gasteiger partial charge is 0.259 e. The van der Waals surface area contributed by atoms with Gasteiger partial charge in [0.2, 0.25) is 0 Å². The van der Waals surface area contributed by atoms with Gasteiger partial charge in [0, 0.05) is 25.2 Å². The molecular formula is C26H30N2O2. The van der Waals surface area contributed by atoms with Crippen LogP contribution in [0.4, 0.5) is 11.4 Å². The fraction of sp³-hybridized carbons (Fsp3) is 0.385. The van der Waals surface area contributed by atoms with Gasteiger partial charge in [0.15, 0.2) is 0 Å². The number of hydrogen-bond acceptors (Lipinski definition) is 2. The van der Waals surface area contributed by atoms with Crippen LogP contribution in [0, 0.1) is 55.4 Å². The molecule has 0 radical (unpaired) electrons. The van der Waals surface area contributed by atoms with E-state index in [-0.39, 0.29) is 11.8 Å². The number of benzene rings is 2. The highest BCUT2D eigenvalue weighted by atomic mass is 16.2. The second-order valence-electron chi connectivity index (χ2n) is 8.93. The van der Waals surface area contributed by atoms with E-state index in [1.165, 1.54) is 22.3 Å². The van der Waals surface area contributed by atoms with E-state index in [1.54, 1.807) is 9.80 Å². The molecule has 2 amide bonds. The van der Waals surface area contributed by atoms with E-state index in [4.69, 9.17) is 0 Å². The van der Waals surface area contributed by atoms with E-state index in [2.05, 4.69) is 55.4 Å². The number of fused-ring (bicyclic) bond motifs is 2. The first-order chi connectivity index (χ1) is 13.9. The zero-order valence-corrected chi connectivity index (χ0v) is 19.7. The van der Waals surface area contributed by atoms with Gasteiger partial charge in [0.05, 0.1) is 22.5 Å². The van der Waals surface area contributed by atoms with Crippen molar-refractivity contribution >= 4 is 34.3 Å². The van der Waals surface area contributed by atoms with Crippen LogP contribution >= 0.6 is 0 Å². The number of carbonyl (C=O) groups is 2. The molecule has 0 aromatic heterocycles. The molecule has 0 aliphatic carbocycles. The summed E-state index contributed by atoms with van der Waals surface area (Å²) in [6.45, 7) is 16.7. The molecule has 2 aromatic carbocycles. The van der Waals surface area contributed by atoms with Crippen molar-refractivity contribution in [1.82, 2.24) is 0 Å². The highest BCUT2D eigenvalue weighted by Gasteiger charge is 2.43. The van der Waals surface area contributed by atoms with Crippen molar-refractivity contribution in [2.45, 2.75) is 55.4 Å². The van der Waals surface area contributed by atoms with E-state index < -0.39 is 0 Å². The Balaban J connectivity index is 2.23. The highest BCUT2D eigenvalue weighted by molar-refractivity contribution is 6.50. The summed E-state index contributed by atoms with van der Waals surface area (Å²) < 4.78 is 0.